The second kappa shape index (κ2) is 8.54. The highest BCUT2D eigenvalue weighted by Gasteiger charge is 2.41. The van der Waals surface area contributed by atoms with E-state index in [0.29, 0.717) is 17.7 Å². The summed E-state index contributed by atoms with van der Waals surface area (Å²) < 4.78 is 35.2. The van der Waals surface area contributed by atoms with Gasteiger partial charge in [-0.25, -0.2) is 18.1 Å². The lowest BCUT2D eigenvalue weighted by atomic mass is 10.1. The number of fused-ring (bicyclic) bond motifs is 1. The standard InChI is InChI=1S/C22H29N5O5S/c1-5-18-17(14(3)32-25-18)12-27-20(29)16-10-15(33(30,31)26-22(4)8-9-22)6-7-19(16)24-21(27)23-11-13(2)28/h6-7,10,13,26,28H,5,8-9,11-12H2,1-4H3,(H,23,24)/t13-/m0/s1. The number of benzene rings is 1. The second-order valence-electron chi connectivity index (χ2n) is 8.92. The molecule has 3 N–H and O–H groups in total. The zero-order chi connectivity index (χ0) is 24.0. The third-order valence-electron chi connectivity index (χ3n) is 5.89. The molecule has 0 bridgehead atoms. The van der Waals surface area contributed by atoms with Crippen LogP contribution >= 0.6 is 0 Å². The number of aromatic nitrogens is 3. The summed E-state index contributed by atoms with van der Waals surface area (Å²) in [5.74, 6) is 0.869. The molecule has 1 aliphatic carbocycles. The molecule has 0 radical (unpaired) electrons. The molecule has 0 spiro atoms. The lowest BCUT2D eigenvalue weighted by Crippen LogP contribution is -2.34. The predicted molar refractivity (Wildman–Crippen MR) is 124 cm³/mol. The molecule has 2 aromatic heterocycles. The van der Waals surface area contributed by atoms with Crippen LogP contribution in [-0.2, 0) is 23.0 Å². The Bertz CT molecular complexity index is 1360. The van der Waals surface area contributed by atoms with Gasteiger partial charge in [0.25, 0.3) is 5.56 Å². The lowest BCUT2D eigenvalue weighted by Gasteiger charge is -2.17. The average Bonchev–Trinajstić information content (AvgIpc) is 3.36. The summed E-state index contributed by atoms with van der Waals surface area (Å²) in [5.41, 5.74) is 1.04. The lowest BCUT2D eigenvalue weighted by molar-refractivity contribution is 0.208. The fourth-order valence-corrected chi connectivity index (χ4v) is 5.13. The van der Waals surface area contributed by atoms with Crippen LogP contribution in [0.5, 0.6) is 0 Å². The summed E-state index contributed by atoms with van der Waals surface area (Å²) >= 11 is 0. The van der Waals surface area contributed by atoms with E-state index in [0.717, 1.165) is 24.1 Å². The van der Waals surface area contributed by atoms with Crippen molar-refractivity contribution in [3.05, 3.63) is 45.6 Å². The Morgan fingerprint density at radius 1 is 1.33 bits per heavy atom. The molecule has 1 atom stereocenters. The van der Waals surface area contributed by atoms with Crippen molar-refractivity contribution < 1.29 is 18.0 Å². The van der Waals surface area contributed by atoms with Gasteiger partial charge >= 0.3 is 0 Å². The molecular formula is C22H29N5O5S. The Morgan fingerprint density at radius 2 is 2.06 bits per heavy atom. The average molecular weight is 476 g/mol. The highest BCUT2D eigenvalue weighted by molar-refractivity contribution is 7.89. The van der Waals surface area contributed by atoms with Crippen molar-refractivity contribution in [3.8, 4) is 0 Å². The molecule has 0 unspecified atom stereocenters. The molecule has 4 rings (SSSR count). The molecule has 178 valence electrons. The van der Waals surface area contributed by atoms with E-state index in [1.54, 1.807) is 13.8 Å². The minimum atomic E-state index is -3.78. The molecule has 0 amide bonds. The Kier molecular flexibility index (Phi) is 6.06. The fraction of sp³-hybridized carbons (Fsp3) is 0.500. The molecule has 1 aromatic carbocycles. The monoisotopic (exact) mass is 475 g/mol. The fourth-order valence-electron chi connectivity index (χ4n) is 3.64. The molecule has 1 saturated carbocycles. The summed E-state index contributed by atoms with van der Waals surface area (Å²) in [5, 5.41) is 17.0. The normalized spacial score (nSPS) is 16.2. The van der Waals surface area contributed by atoms with Crippen LogP contribution < -0.4 is 15.6 Å². The zero-order valence-electron chi connectivity index (χ0n) is 19.2. The SMILES string of the molecule is CCc1noc(C)c1Cn1c(NC[C@H](C)O)nc2ccc(S(=O)(=O)NC3(C)CC3)cc2c1=O. The van der Waals surface area contributed by atoms with Crippen LogP contribution in [0.4, 0.5) is 5.95 Å². The van der Waals surface area contributed by atoms with Crippen LogP contribution in [0.25, 0.3) is 10.9 Å². The number of nitrogens with zero attached hydrogens (tertiary/aromatic N) is 3. The van der Waals surface area contributed by atoms with E-state index >= 15 is 0 Å². The number of aliphatic hydroxyl groups is 1. The van der Waals surface area contributed by atoms with E-state index in [4.69, 9.17) is 4.52 Å². The topological polar surface area (TPSA) is 139 Å². The van der Waals surface area contributed by atoms with Gasteiger partial charge in [0.05, 0.1) is 34.1 Å². The van der Waals surface area contributed by atoms with Gasteiger partial charge in [-0.3, -0.25) is 9.36 Å². The van der Waals surface area contributed by atoms with Crippen molar-refractivity contribution >= 4 is 26.9 Å². The zero-order valence-corrected chi connectivity index (χ0v) is 20.0. The molecule has 0 aliphatic heterocycles. The van der Waals surface area contributed by atoms with Gasteiger partial charge in [-0.05, 0) is 58.2 Å². The summed E-state index contributed by atoms with van der Waals surface area (Å²) in [6, 6.07) is 4.35. The van der Waals surface area contributed by atoms with Gasteiger partial charge in [0.15, 0.2) is 0 Å². The maximum absolute atomic E-state index is 13.6. The first kappa shape index (κ1) is 23.4. The molecule has 33 heavy (non-hydrogen) atoms. The molecule has 1 fully saturated rings. The van der Waals surface area contributed by atoms with Gasteiger partial charge in [-0.2, -0.15) is 0 Å². The van der Waals surface area contributed by atoms with Gasteiger partial charge in [-0.15, -0.1) is 0 Å². The second-order valence-corrected chi connectivity index (χ2v) is 10.6. The minimum absolute atomic E-state index is 0.0219. The largest absolute Gasteiger partial charge is 0.392 e. The number of sulfonamides is 1. The maximum atomic E-state index is 13.6. The number of rotatable bonds is 9. The van der Waals surface area contributed by atoms with Crippen molar-refractivity contribution in [2.45, 2.75) is 70.0 Å². The molecular weight excluding hydrogens is 446 g/mol. The number of nitrogens with one attached hydrogen (secondary N) is 2. The quantitative estimate of drug-likeness (QED) is 0.427. The van der Waals surface area contributed by atoms with E-state index < -0.39 is 27.2 Å². The third-order valence-corrected chi connectivity index (χ3v) is 7.53. The molecule has 2 heterocycles. The first-order valence-electron chi connectivity index (χ1n) is 11.0. The Balaban J connectivity index is 1.83. The van der Waals surface area contributed by atoms with Gasteiger partial charge < -0.3 is 14.9 Å². The number of aryl methyl sites for hydroxylation is 2. The molecule has 0 saturated heterocycles. The summed E-state index contributed by atoms with van der Waals surface area (Å²) in [6.45, 7) is 7.54. The van der Waals surface area contributed by atoms with Crippen LogP contribution in [0.3, 0.4) is 0 Å². The number of anilines is 1. The Hall–Kier alpha value is -2.76. The van der Waals surface area contributed by atoms with E-state index in [9.17, 15) is 18.3 Å². The van der Waals surface area contributed by atoms with Crippen LogP contribution in [0, 0.1) is 6.92 Å². The van der Waals surface area contributed by atoms with Crippen molar-refractivity contribution in [2.75, 3.05) is 11.9 Å². The van der Waals surface area contributed by atoms with Crippen LogP contribution in [-0.4, -0.2) is 46.4 Å². The van der Waals surface area contributed by atoms with Crippen LogP contribution in [0.2, 0.25) is 0 Å². The highest BCUT2D eigenvalue weighted by atomic mass is 32.2. The highest BCUT2D eigenvalue weighted by Crippen LogP contribution is 2.36. The molecule has 1 aliphatic rings. The molecule has 11 heteroatoms. The summed E-state index contributed by atoms with van der Waals surface area (Å²) in [6.07, 6.45) is 1.54. The van der Waals surface area contributed by atoms with E-state index in [-0.39, 0.29) is 29.3 Å². The van der Waals surface area contributed by atoms with Gasteiger partial charge in [0.2, 0.25) is 16.0 Å². The predicted octanol–water partition coefficient (Wildman–Crippen LogP) is 1.93. The van der Waals surface area contributed by atoms with Crippen LogP contribution in [0.15, 0.2) is 32.4 Å². The van der Waals surface area contributed by atoms with Crippen molar-refractivity contribution in [3.63, 3.8) is 0 Å². The smallest absolute Gasteiger partial charge is 0.263 e. The first-order chi connectivity index (χ1) is 15.5. The van der Waals surface area contributed by atoms with Crippen molar-refractivity contribution in [1.29, 1.82) is 0 Å². The van der Waals surface area contributed by atoms with Gasteiger partial charge in [0.1, 0.15) is 5.76 Å². The number of hydrogen-bond acceptors (Lipinski definition) is 8. The first-order valence-corrected chi connectivity index (χ1v) is 12.5. The number of hydrogen-bond donors (Lipinski definition) is 3. The summed E-state index contributed by atoms with van der Waals surface area (Å²) in [4.78, 5) is 18.1. The van der Waals surface area contributed by atoms with Crippen molar-refractivity contribution in [2.24, 2.45) is 0 Å². The van der Waals surface area contributed by atoms with Crippen molar-refractivity contribution in [1.82, 2.24) is 19.4 Å². The van der Waals surface area contributed by atoms with E-state index in [1.165, 1.54) is 22.8 Å². The minimum Gasteiger partial charge on any atom is -0.392 e. The molecule has 10 nitrogen and oxygen atoms in total. The van der Waals surface area contributed by atoms with Gasteiger partial charge in [-0.1, -0.05) is 12.1 Å². The molecule has 3 aromatic rings. The Labute approximate surface area is 192 Å². The van der Waals surface area contributed by atoms with E-state index in [1.807, 2.05) is 13.8 Å². The Morgan fingerprint density at radius 3 is 2.70 bits per heavy atom. The van der Waals surface area contributed by atoms with Gasteiger partial charge in [0, 0.05) is 17.6 Å². The number of aliphatic hydroxyl groups excluding tert-OH is 1. The van der Waals surface area contributed by atoms with Crippen LogP contribution in [0.1, 0.15) is 50.6 Å². The third kappa shape index (κ3) is 4.80. The van der Waals surface area contributed by atoms with E-state index in [2.05, 4.69) is 20.2 Å². The maximum Gasteiger partial charge on any atom is 0.263 e. The summed E-state index contributed by atoms with van der Waals surface area (Å²) in [7, 11) is -3.78.